The Bertz CT molecular complexity index is 844. The van der Waals surface area contributed by atoms with Crippen molar-refractivity contribution >= 4 is 17.5 Å². The van der Waals surface area contributed by atoms with Gasteiger partial charge in [0.25, 0.3) is 5.91 Å². The van der Waals surface area contributed by atoms with Crippen LogP contribution in [0.2, 0.25) is 0 Å². The Balaban J connectivity index is 1.84. The fourth-order valence-corrected chi connectivity index (χ4v) is 3.20. The van der Waals surface area contributed by atoms with Crippen LogP contribution in [0.3, 0.4) is 0 Å². The van der Waals surface area contributed by atoms with Crippen LogP contribution in [0.5, 0.6) is 0 Å². The number of rotatable bonds is 5. The number of nitroso groups, excluding NO2 is 1. The van der Waals surface area contributed by atoms with E-state index in [0.29, 0.717) is 30.0 Å². The number of nitrogens with zero attached hydrogens (tertiary/aromatic N) is 3. The molecule has 2 unspecified atom stereocenters. The summed E-state index contributed by atoms with van der Waals surface area (Å²) in [5.41, 5.74) is 1.13. The van der Waals surface area contributed by atoms with E-state index in [1.54, 1.807) is 35.2 Å². The first-order valence-corrected chi connectivity index (χ1v) is 8.91. The summed E-state index contributed by atoms with van der Waals surface area (Å²) in [5, 5.41) is 9.64. The van der Waals surface area contributed by atoms with Crippen molar-refractivity contribution in [2.45, 2.75) is 39.3 Å². The fraction of sp³-hybridized carbons (Fsp3) is 0.421. The molecule has 2 amide bonds. The molecule has 8 heteroatoms. The predicted molar refractivity (Wildman–Crippen MR) is 99.3 cm³/mol. The van der Waals surface area contributed by atoms with Crippen molar-refractivity contribution in [1.82, 2.24) is 15.4 Å². The average Bonchev–Trinajstić information content (AvgIpc) is 3.13. The second-order valence-corrected chi connectivity index (χ2v) is 7.23. The highest BCUT2D eigenvalue weighted by Gasteiger charge is 2.37. The highest BCUT2D eigenvalue weighted by molar-refractivity contribution is 5.97. The molecule has 1 aliphatic rings. The van der Waals surface area contributed by atoms with Gasteiger partial charge in [0.15, 0.2) is 11.5 Å². The SMILES string of the molecule is CC(C)CC1C(=O)NC(C)CN1C(=O)c1cc(-c2ccc(N=O)cc2)on1. The maximum absolute atomic E-state index is 13.0. The minimum Gasteiger partial charge on any atom is -0.355 e. The molecule has 0 bridgehead atoms. The van der Waals surface area contributed by atoms with Crippen molar-refractivity contribution in [2.75, 3.05) is 6.54 Å². The second kappa shape index (κ2) is 7.69. The van der Waals surface area contributed by atoms with E-state index in [0.717, 1.165) is 0 Å². The summed E-state index contributed by atoms with van der Waals surface area (Å²) < 4.78 is 5.30. The molecular weight excluding hydrogens is 348 g/mol. The quantitative estimate of drug-likeness (QED) is 0.814. The molecule has 0 spiro atoms. The van der Waals surface area contributed by atoms with Crippen LogP contribution in [-0.2, 0) is 4.79 Å². The van der Waals surface area contributed by atoms with Gasteiger partial charge in [-0.05, 0) is 48.7 Å². The minimum absolute atomic E-state index is 0.125. The molecule has 1 aliphatic heterocycles. The molecule has 1 fully saturated rings. The molecule has 1 aromatic carbocycles. The van der Waals surface area contributed by atoms with Gasteiger partial charge in [0.2, 0.25) is 5.91 Å². The molecule has 0 aliphatic carbocycles. The lowest BCUT2D eigenvalue weighted by Gasteiger charge is -2.38. The Morgan fingerprint density at radius 1 is 1.37 bits per heavy atom. The largest absolute Gasteiger partial charge is 0.355 e. The number of carbonyl (C=O) groups is 2. The molecule has 2 aromatic rings. The van der Waals surface area contributed by atoms with Gasteiger partial charge >= 0.3 is 0 Å². The van der Waals surface area contributed by atoms with Gasteiger partial charge in [-0.1, -0.05) is 19.0 Å². The topological polar surface area (TPSA) is 105 Å². The zero-order chi connectivity index (χ0) is 19.6. The highest BCUT2D eigenvalue weighted by atomic mass is 16.5. The molecule has 0 saturated carbocycles. The number of benzene rings is 1. The number of hydrogen-bond acceptors (Lipinski definition) is 6. The van der Waals surface area contributed by atoms with E-state index in [-0.39, 0.29) is 29.5 Å². The number of piperazine rings is 1. The van der Waals surface area contributed by atoms with Crippen molar-refractivity contribution < 1.29 is 14.1 Å². The van der Waals surface area contributed by atoms with Gasteiger partial charge < -0.3 is 14.7 Å². The summed E-state index contributed by atoms with van der Waals surface area (Å²) in [6, 6.07) is 7.36. The number of aromatic nitrogens is 1. The Kier molecular flexibility index (Phi) is 5.34. The smallest absolute Gasteiger partial charge is 0.276 e. The van der Waals surface area contributed by atoms with Gasteiger partial charge in [-0.3, -0.25) is 9.59 Å². The molecule has 8 nitrogen and oxygen atoms in total. The lowest BCUT2D eigenvalue weighted by molar-refractivity contribution is -0.129. The van der Waals surface area contributed by atoms with E-state index < -0.39 is 6.04 Å². The van der Waals surface area contributed by atoms with Gasteiger partial charge in [-0.2, -0.15) is 0 Å². The fourth-order valence-electron chi connectivity index (χ4n) is 3.20. The first kappa shape index (κ1) is 18.8. The van der Waals surface area contributed by atoms with E-state index in [4.69, 9.17) is 4.52 Å². The van der Waals surface area contributed by atoms with Crippen LogP contribution in [0, 0.1) is 10.8 Å². The van der Waals surface area contributed by atoms with E-state index >= 15 is 0 Å². The number of amides is 2. The Morgan fingerprint density at radius 2 is 2.07 bits per heavy atom. The van der Waals surface area contributed by atoms with Crippen molar-refractivity contribution in [3.05, 3.63) is 40.9 Å². The monoisotopic (exact) mass is 370 g/mol. The summed E-state index contributed by atoms with van der Waals surface area (Å²) >= 11 is 0. The first-order chi connectivity index (χ1) is 12.9. The van der Waals surface area contributed by atoms with Gasteiger partial charge in [-0.25, -0.2) is 0 Å². The molecule has 1 aromatic heterocycles. The molecule has 3 rings (SSSR count). The number of carbonyl (C=O) groups excluding carboxylic acids is 2. The van der Waals surface area contributed by atoms with Crippen molar-refractivity contribution in [1.29, 1.82) is 0 Å². The van der Waals surface area contributed by atoms with Crippen LogP contribution in [0.15, 0.2) is 40.0 Å². The van der Waals surface area contributed by atoms with Gasteiger partial charge in [-0.15, -0.1) is 4.91 Å². The van der Waals surface area contributed by atoms with Crippen LogP contribution in [-0.4, -0.2) is 40.5 Å². The summed E-state index contributed by atoms with van der Waals surface area (Å²) in [5.74, 6) is 0.202. The average molecular weight is 370 g/mol. The van der Waals surface area contributed by atoms with Crippen molar-refractivity contribution in [3.63, 3.8) is 0 Å². The minimum atomic E-state index is -0.521. The lowest BCUT2D eigenvalue weighted by atomic mass is 9.98. The third-order valence-electron chi connectivity index (χ3n) is 4.48. The van der Waals surface area contributed by atoms with Crippen LogP contribution in [0.4, 0.5) is 5.69 Å². The molecule has 1 N–H and O–H groups in total. The van der Waals surface area contributed by atoms with E-state index in [2.05, 4.69) is 15.7 Å². The van der Waals surface area contributed by atoms with E-state index in [9.17, 15) is 14.5 Å². The highest BCUT2D eigenvalue weighted by Crippen LogP contribution is 2.25. The zero-order valence-electron chi connectivity index (χ0n) is 15.5. The van der Waals surface area contributed by atoms with Gasteiger partial charge in [0.1, 0.15) is 11.7 Å². The predicted octanol–water partition coefficient (Wildman–Crippen LogP) is 3.11. The molecule has 142 valence electrons. The van der Waals surface area contributed by atoms with E-state index in [1.807, 2.05) is 20.8 Å². The molecule has 2 heterocycles. The third-order valence-corrected chi connectivity index (χ3v) is 4.48. The van der Waals surface area contributed by atoms with Crippen molar-refractivity contribution in [2.24, 2.45) is 11.1 Å². The third kappa shape index (κ3) is 4.05. The van der Waals surface area contributed by atoms with Crippen LogP contribution in [0.1, 0.15) is 37.7 Å². The second-order valence-electron chi connectivity index (χ2n) is 7.23. The zero-order valence-corrected chi connectivity index (χ0v) is 15.5. The van der Waals surface area contributed by atoms with Gasteiger partial charge in [0, 0.05) is 24.2 Å². The van der Waals surface area contributed by atoms with Crippen LogP contribution >= 0.6 is 0 Å². The Labute approximate surface area is 156 Å². The molecule has 0 radical (unpaired) electrons. The van der Waals surface area contributed by atoms with Crippen molar-refractivity contribution in [3.8, 4) is 11.3 Å². The standard InChI is InChI=1S/C19H22N4O4/c1-11(2)8-16-18(24)20-12(3)10-23(16)19(25)15-9-17(27-22-15)13-4-6-14(21-26)7-5-13/h4-7,9,11-12,16H,8,10H2,1-3H3,(H,20,24). The maximum Gasteiger partial charge on any atom is 0.276 e. The summed E-state index contributed by atoms with van der Waals surface area (Å²) in [6.45, 7) is 6.31. The molecule has 2 atom stereocenters. The molecular formula is C19H22N4O4. The lowest BCUT2D eigenvalue weighted by Crippen LogP contribution is -2.61. The summed E-state index contributed by atoms with van der Waals surface area (Å²) in [7, 11) is 0. The van der Waals surface area contributed by atoms with Crippen LogP contribution < -0.4 is 5.32 Å². The summed E-state index contributed by atoms with van der Waals surface area (Å²) in [4.78, 5) is 37.5. The number of nitrogens with one attached hydrogen (secondary N) is 1. The molecule has 27 heavy (non-hydrogen) atoms. The number of hydrogen-bond donors (Lipinski definition) is 1. The van der Waals surface area contributed by atoms with Gasteiger partial charge in [0.05, 0.1) is 0 Å². The maximum atomic E-state index is 13.0. The normalized spacial score (nSPS) is 19.9. The molecule has 1 saturated heterocycles. The first-order valence-electron chi connectivity index (χ1n) is 8.91. The van der Waals surface area contributed by atoms with Crippen LogP contribution in [0.25, 0.3) is 11.3 Å². The van der Waals surface area contributed by atoms with E-state index in [1.165, 1.54) is 0 Å². The summed E-state index contributed by atoms with van der Waals surface area (Å²) in [6.07, 6.45) is 0.579. The Hall–Kier alpha value is -3.03. The Morgan fingerprint density at radius 3 is 2.70 bits per heavy atom.